The molecule has 0 heterocycles. The number of aromatic hydroxyl groups is 1. The summed E-state index contributed by atoms with van der Waals surface area (Å²) < 4.78 is 0. The predicted molar refractivity (Wildman–Crippen MR) is 79.7 cm³/mol. The minimum Gasteiger partial charge on any atom is -0.508 e. The molecule has 2 aromatic rings. The van der Waals surface area contributed by atoms with E-state index in [4.69, 9.17) is 11.6 Å². The fraction of sp³-hybridized carbons (Fsp3) is 0.235. The van der Waals surface area contributed by atoms with Crippen LogP contribution in [0, 0.1) is 6.92 Å². The lowest BCUT2D eigenvalue weighted by molar-refractivity contribution is 0.0915. The van der Waals surface area contributed by atoms with E-state index in [1.165, 1.54) is 0 Å². The third-order valence-electron chi connectivity index (χ3n) is 4.25. The van der Waals surface area contributed by atoms with Crippen molar-refractivity contribution in [1.29, 1.82) is 0 Å². The molecule has 0 fully saturated rings. The van der Waals surface area contributed by atoms with Gasteiger partial charge in [-0.25, -0.2) is 0 Å². The largest absolute Gasteiger partial charge is 0.508 e. The van der Waals surface area contributed by atoms with Gasteiger partial charge in [-0.15, -0.1) is 0 Å². The number of fused-ring (bicyclic) bond motifs is 1. The molecule has 20 heavy (non-hydrogen) atoms. The van der Waals surface area contributed by atoms with Crippen LogP contribution < -0.4 is 0 Å². The Kier molecular flexibility index (Phi) is 2.87. The van der Waals surface area contributed by atoms with Crippen LogP contribution in [-0.4, -0.2) is 10.9 Å². The van der Waals surface area contributed by atoms with Crippen LogP contribution in [0.3, 0.4) is 0 Å². The maximum Gasteiger partial charge on any atom is 0.175 e. The highest BCUT2D eigenvalue weighted by Crippen LogP contribution is 2.45. The van der Waals surface area contributed by atoms with Gasteiger partial charge in [-0.05, 0) is 37.5 Å². The van der Waals surface area contributed by atoms with Gasteiger partial charge in [0.05, 0.1) is 10.4 Å². The smallest absolute Gasteiger partial charge is 0.175 e. The summed E-state index contributed by atoms with van der Waals surface area (Å²) in [5, 5.41) is 10.3. The first-order chi connectivity index (χ1) is 9.45. The molecule has 0 saturated carbocycles. The predicted octanol–water partition coefficient (Wildman–Crippen LogP) is 4.05. The van der Waals surface area contributed by atoms with Crippen molar-refractivity contribution < 1.29 is 9.90 Å². The summed E-state index contributed by atoms with van der Waals surface area (Å²) in [6.07, 6.45) is 0.568. The summed E-state index contributed by atoms with van der Waals surface area (Å²) in [7, 11) is 0. The Labute approximate surface area is 123 Å². The SMILES string of the molecule is Cc1c(O)cc2c(c1Cl)C(=O)C(C)(c1ccccc1)C2. The molecule has 1 atom stereocenters. The number of rotatable bonds is 1. The third-order valence-corrected chi connectivity index (χ3v) is 4.72. The number of carbonyl (C=O) groups excluding carboxylic acids is 1. The van der Waals surface area contributed by atoms with Crippen molar-refractivity contribution >= 4 is 17.4 Å². The van der Waals surface area contributed by atoms with E-state index in [1.807, 2.05) is 37.3 Å². The topological polar surface area (TPSA) is 37.3 Å². The number of benzene rings is 2. The van der Waals surface area contributed by atoms with Gasteiger partial charge in [0.1, 0.15) is 5.75 Å². The van der Waals surface area contributed by atoms with Crippen LogP contribution >= 0.6 is 11.6 Å². The van der Waals surface area contributed by atoms with Gasteiger partial charge < -0.3 is 5.11 Å². The fourth-order valence-corrected chi connectivity index (χ4v) is 3.25. The number of phenols is 1. The van der Waals surface area contributed by atoms with Crippen molar-refractivity contribution in [3.05, 3.63) is 63.7 Å². The lowest BCUT2D eigenvalue weighted by Gasteiger charge is -2.22. The quantitative estimate of drug-likeness (QED) is 0.859. The van der Waals surface area contributed by atoms with E-state index in [0.29, 0.717) is 22.6 Å². The highest BCUT2D eigenvalue weighted by atomic mass is 35.5. The summed E-state index contributed by atoms with van der Waals surface area (Å²) in [6.45, 7) is 3.66. The van der Waals surface area contributed by atoms with Crippen LogP contribution in [0.2, 0.25) is 5.02 Å². The number of carbonyl (C=O) groups is 1. The van der Waals surface area contributed by atoms with Crippen molar-refractivity contribution in [2.45, 2.75) is 25.7 Å². The lowest BCUT2D eigenvalue weighted by atomic mass is 9.79. The fourth-order valence-electron chi connectivity index (χ4n) is 2.95. The van der Waals surface area contributed by atoms with Gasteiger partial charge in [0.2, 0.25) is 0 Å². The Morgan fingerprint density at radius 3 is 2.55 bits per heavy atom. The molecule has 3 rings (SSSR count). The molecule has 0 bridgehead atoms. The minimum atomic E-state index is -0.604. The molecular formula is C17H15ClO2. The van der Waals surface area contributed by atoms with Crippen molar-refractivity contribution in [2.24, 2.45) is 0 Å². The molecule has 2 aromatic carbocycles. The van der Waals surface area contributed by atoms with Gasteiger partial charge in [-0.2, -0.15) is 0 Å². The molecule has 1 unspecified atom stereocenters. The molecule has 3 heteroatoms. The molecular weight excluding hydrogens is 272 g/mol. The normalized spacial score (nSPS) is 21.1. The Hall–Kier alpha value is -1.80. The van der Waals surface area contributed by atoms with Crippen molar-refractivity contribution in [2.75, 3.05) is 0 Å². The Bertz CT molecular complexity index is 707. The van der Waals surface area contributed by atoms with Gasteiger partial charge in [-0.1, -0.05) is 41.9 Å². The number of Topliss-reactive ketones (excluding diaryl/α,β-unsaturated/α-hetero) is 1. The second-order valence-corrected chi connectivity index (χ2v) is 5.95. The number of halogens is 1. The van der Waals surface area contributed by atoms with Crippen LogP contribution in [0.4, 0.5) is 0 Å². The molecule has 1 N–H and O–H groups in total. The molecule has 0 aliphatic heterocycles. The van der Waals surface area contributed by atoms with Crippen molar-refractivity contribution in [3.8, 4) is 5.75 Å². The first kappa shape index (κ1) is 13.2. The molecule has 0 amide bonds. The Morgan fingerprint density at radius 2 is 1.90 bits per heavy atom. The van der Waals surface area contributed by atoms with Crippen molar-refractivity contribution in [1.82, 2.24) is 0 Å². The van der Waals surface area contributed by atoms with Gasteiger partial charge in [0.25, 0.3) is 0 Å². The van der Waals surface area contributed by atoms with E-state index in [0.717, 1.165) is 11.1 Å². The van der Waals surface area contributed by atoms with E-state index in [1.54, 1.807) is 13.0 Å². The molecule has 0 saturated heterocycles. The van der Waals surface area contributed by atoms with E-state index in [9.17, 15) is 9.90 Å². The third kappa shape index (κ3) is 1.68. The second kappa shape index (κ2) is 4.35. The maximum absolute atomic E-state index is 12.8. The van der Waals surface area contributed by atoms with Crippen molar-refractivity contribution in [3.63, 3.8) is 0 Å². The van der Waals surface area contributed by atoms with Gasteiger partial charge in [0.15, 0.2) is 5.78 Å². The molecule has 0 spiro atoms. The molecule has 1 aliphatic rings. The maximum atomic E-state index is 12.8. The molecule has 0 radical (unpaired) electrons. The number of hydrogen-bond acceptors (Lipinski definition) is 2. The lowest BCUT2D eigenvalue weighted by Crippen LogP contribution is -2.29. The zero-order valence-corrected chi connectivity index (χ0v) is 12.2. The summed E-state index contributed by atoms with van der Waals surface area (Å²) >= 11 is 6.27. The standard InChI is InChI=1S/C17H15ClO2/c1-10-13(19)8-11-9-17(2,12-6-4-3-5-7-12)16(20)14(11)15(10)18/h3-8,19H,9H2,1-2H3. The van der Waals surface area contributed by atoms with Gasteiger partial charge in [0, 0.05) is 11.1 Å². The van der Waals surface area contributed by atoms with Crippen LogP contribution in [-0.2, 0) is 11.8 Å². The summed E-state index contributed by atoms with van der Waals surface area (Å²) in [4.78, 5) is 12.8. The molecule has 2 nitrogen and oxygen atoms in total. The zero-order chi connectivity index (χ0) is 14.5. The van der Waals surface area contributed by atoms with E-state index in [-0.39, 0.29) is 11.5 Å². The number of hydrogen-bond donors (Lipinski definition) is 1. The average Bonchev–Trinajstić information content (AvgIpc) is 2.70. The van der Waals surface area contributed by atoms with Crippen LogP contribution in [0.1, 0.15) is 34.0 Å². The van der Waals surface area contributed by atoms with Crippen LogP contribution in [0.5, 0.6) is 5.75 Å². The molecule has 1 aliphatic carbocycles. The van der Waals surface area contributed by atoms with Gasteiger partial charge >= 0.3 is 0 Å². The summed E-state index contributed by atoms with van der Waals surface area (Å²) in [5.74, 6) is 0.186. The van der Waals surface area contributed by atoms with Gasteiger partial charge in [-0.3, -0.25) is 4.79 Å². The highest BCUT2D eigenvalue weighted by molar-refractivity contribution is 6.36. The number of phenolic OH excluding ortho intramolecular Hbond substituents is 1. The highest BCUT2D eigenvalue weighted by Gasteiger charge is 2.44. The second-order valence-electron chi connectivity index (χ2n) is 5.57. The van der Waals surface area contributed by atoms with Crippen LogP contribution in [0.25, 0.3) is 0 Å². The Balaban J connectivity index is 2.19. The van der Waals surface area contributed by atoms with Crippen LogP contribution in [0.15, 0.2) is 36.4 Å². The molecule has 0 aromatic heterocycles. The summed E-state index contributed by atoms with van der Waals surface area (Å²) in [6, 6.07) is 11.4. The Morgan fingerprint density at radius 1 is 1.25 bits per heavy atom. The monoisotopic (exact) mass is 286 g/mol. The van der Waals surface area contributed by atoms with E-state index < -0.39 is 5.41 Å². The average molecular weight is 287 g/mol. The zero-order valence-electron chi connectivity index (χ0n) is 11.4. The molecule has 102 valence electrons. The first-order valence-electron chi connectivity index (χ1n) is 6.56. The first-order valence-corrected chi connectivity index (χ1v) is 6.94. The summed E-state index contributed by atoms with van der Waals surface area (Å²) in [5.41, 5.74) is 2.33. The van der Waals surface area contributed by atoms with E-state index in [2.05, 4.69) is 0 Å². The minimum absolute atomic E-state index is 0.0341. The number of ketones is 1. The van der Waals surface area contributed by atoms with E-state index >= 15 is 0 Å².